The molecule has 4 nitrogen and oxygen atoms in total. The fourth-order valence-corrected chi connectivity index (χ4v) is 2.80. The van der Waals surface area contributed by atoms with E-state index in [-0.39, 0.29) is 11.9 Å². The first-order valence-electron chi connectivity index (χ1n) is 7.60. The average molecular weight is 269 g/mol. The van der Waals surface area contributed by atoms with Gasteiger partial charge in [-0.15, -0.1) is 0 Å². The Kier molecular flexibility index (Phi) is 6.27. The number of nitrogens with one attached hydrogen (secondary N) is 1. The van der Waals surface area contributed by atoms with E-state index >= 15 is 0 Å². The minimum Gasteiger partial charge on any atom is -0.327 e. The van der Waals surface area contributed by atoms with E-state index in [0.29, 0.717) is 24.7 Å². The van der Waals surface area contributed by atoms with E-state index in [1.807, 2.05) is 4.90 Å². The molecule has 19 heavy (non-hydrogen) atoms. The SMILES string of the molecule is CC(C)CC1NCN(CCN(C(C)C)C(C)C)C1=O. The fourth-order valence-electron chi connectivity index (χ4n) is 2.80. The van der Waals surface area contributed by atoms with Crippen molar-refractivity contribution in [3.8, 4) is 0 Å². The summed E-state index contributed by atoms with van der Waals surface area (Å²) < 4.78 is 0. The van der Waals surface area contributed by atoms with Crippen LogP contribution in [0.1, 0.15) is 48.0 Å². The molecule has 1 atom stereocenters. The molecule has 4 heteroatoms. The second-order valence-electron chi connectivity index (χ2n) is 6.57. The molecule has 1 heterocycles. The molecule has 1 aliphatic heterocycles. The van der Waals surface area contributed by atoms with Gasteiger partial charge in [-0.1, -0.05) is 13.8 Å². The molecule has 1 fully saturated rings. The van der Waals surface area contributed by atoms with Crippen molar-refractivity contribution in [1.29, 1.82) is 0 Å². The Morgan fingerprint density at radius 1 is 1.21 bits per heavy atom. The highest BCUT2D eigenvalue weighted by molar-refractivity contribution is 5.83. The van der Waals surface area contributed by atoms with Crippen molar-refractivity contribution in [2.24, 2.45) is 5.92 Å². The summed E-state index contributed by atoms with van der Waals surface area (Å²) in [4.78, 5) is 16.6. The van der Waals surface area contributed by atoms with Crippen LogP contribution in [-0.4, -0.2) is 53.6 Å². The predicted octanol–water partition coefficient (Wildman–Crippen LogP) is 1.91. The second kappa shape index (κ2) is 7.25. The van der Waals surface area contributed by atoms with Crippen LogP contribution in [0, 0.1) is 5.92 Å². The van der Waals surface area contributed by atoms with Crippen molar-refractivity contribution in [1.82, 2.24) is 15.1 Å². The summed E-state index contributed by atoms with van der Waals surface area (Å²) in [6, 6.07) is 1.08. The van der Waals surface area contributed by atoms with Crippen LogP contribution in [0.25, 0.3) is 0 Å². The fraction of sp³-hybridized carbons (Fsp3) is 0.933. The Bertz CT molecular complexity index is 281. The van der Waals surface area contributed by atoms with Crippen LogP contribution >= 0.6 is 0 Å². The molecule has 0 aliphatic carbocycles. The van der Waals surface area contributed by atoms with Gasteiger partial charge >= 0.3 is 0 Å². The van der Waals surface area contributed by atoms with Crippen molar-refractivity contribution in [2.75, 3.05) is 19.8 Å². The Labute approximate surface area is 118 Å². The minimum atomic E-state index is 0.0338. The van der Waals surface area contributed by atoms with Crippen LogP contribution in [0.5, 0.6) is 0 Å². The lowest BCUT2D eigenvalue weighted by Crippen LogP contribution is -2.43. The molecule has 112 valence electrons. The Morgan fingerprint density at radius 2 is 1.79 bits per heavy atom. The van der Waals surface area contributed by atoms with E-state index in [1.54, 1.807) is 0 Å². The lowest BCUT2D eigenvalue weighted by atomic mass is 10.0. The molecule has 1 unspecified atom stereocenters. The molecule has 0 spiro atoms. The third-order valence-electron chi connectivity index (χ3n) is 3.80. The van der Waals surface area contributed by atoms with E-state index in [0.717, 1.165) is 19.5 Å². The summed E-state index contributed by atoms with van der Waals surface area (Å²) >= 11 is 0. The number of nitrogens with zero attached hydrogens (tertiary/aromatic N) is 2. The first-order chi connectivity index (χ1) is 8.82. The monoisotopic (exact) mass is 269 g/mol. The molecule has 0 aromatic carbocycles. The van der Waals surface area contributed by atoms with Crippen LogP contribution in [-0.2, 0) is 4.79 Å². The van der Waals surface area contributed by atoms with Gasteiger partial charge in [0.15, 0.2) is 0 Å². The van der Waals surface area contributed by atoms with Crippen molar-refractivity contribution in [3.63, 3.8) is 0 Å². The Balaban J connectivity index is 2.44. The molecule has 1 aliphatic rings. The summed E-state index contributed by atoms with van der Waals surface area (Å²) in [5.74, 6) is 0.838. The highest BCUT2D eigenvalue weighted by Gasteiger charge is 2.31. The minimum absolute atomic E-state index is 0.0338. The summed E-state index contributed by atoms with van der Waals surface area (Å²) in [6.45, 7) is 15.7. The summed E-state index contributed by atoms with van der Waals surface area (Å²) in [5.41, 5.74) is 0. The molecule has 1 amide bonds. The van der Waals surface area contributed by atoms with E-state index < -0.39 is 0 Å². The molecule has 0 aromatic heterocycles. The van der Waals surface area contributed by atoms with Crippen molar-refractivity contribution >= 4 is 5.91 Å². The maximum Gasteiger partial charge on any atom is 0.240 e. The first kappa shape index (κ1) is 16.4. The topological polar surface area (TPSA) is 35.6 Å². The molecule has 0 radical (unpaired) electrons. The highest BCUT2D eigenvalue weighted by Crippen LogP contribution is 2.13. The Hall–Kier alpha value is -0.610. The first-order valence-corrected chi connectivity index (χ1v) is 7.60. The number of hydrogen-bond acceptors (Lipinski definition) is 3. The van der Waals surface area contributed by atoms with E-state index in [4.69, 9.17) is 0 Å². The zero-order valence-electron chi connectivity index (χ0n) is 13.4. The van der Waals surface area contributed by atoms with E-state index in [1.165, 1.54) is 0 Å². The van der Waals surface area contributed by atoms with E-state index in [2.05, 4.69) is 51.8 Å². The smallest absolute Gasteiger partial charge is 0.240 e. The van der Waals surface area contributed by atoms with Gasteiger partial charge in [0.2, 0.25) is 5.91 Å². The second-order valence-corrected chi connectivity index (χ2v) is 6.57. The number of carbonyl (C=O) groups excluding carboxylic acids is 1. The van der Waals surface area contributed by atoms with Gasteiger partial charge in [0, 0.05) is 25.2 Å². The number of amides is 1. The largest absolute Gasteiger partial charge is 0.327 e. The molecular formula is C15H31N3O. The van der Waals surface area contributed by atoms with Crippen LogP contribution in [0.2, 0.25) is 0 Å². The van der Waals surface area contributed by atoms with Gasteiger partial charge in [-0.25, -0.2) is 0 Å². The maximum atomic E-state index is 12.2. The zero-order chi connectivity index (χ0) is 14.6. The molecule has 1 rings (SSSR count). The van der Waals surface area contributed by atoms with Crippen LogP contribution in [0.4, 0.5) is 0 Å². The average Bonchev–Trinajstić information content (AvgIpc) is 2.60. The van der Waals surface area contributed by atoms with Crippen molar-refractivity contribution < 1.29 is 4.79 Å². The quantitative estimate of drug-likeness (QED) is 0.767. The normalized spacial score (nSPS) is 20.6. The van der Waals surface area contributed by atoms with Crippen LogP contribution in [0.15, 0.2) is 0 Å². The lowest BCUT2D eigenvalue weighted by Gasteiger charge is -2.32. The van der Waals surface area contributed by atoms with Crippen LogP contribution in [0.3, 0.4) is 0 Å². The molecule has 1 saturated heterocycles. The van der Waals surface area contributed by atoms with Gasteiger partial charge < -0.3 is 4.90 Å². The van der Waals surface area contributed by atoms with Crippen molar-refractivity contribution in [2.45, 2.75) is 66.1 Å². The summed E-state index contributed by atoms with van der Waals surface area (Å²) in [6.07, 6.45) is 0.938. The van der Waals surface area contributed by atoms with Crippen molar-refractivity contribution in [3.05, 3.63) is 0 Å². The van der Waals surface area contributed by atoms with E-state index in [9.17, 15) is 4.79 Å². The van der Waals surface area contributed by atoms with Crippen LogP contribution < -0.4 is 5.32 Å². The highest BCUT2D eigenvalue weighted by atomic mass is 16.2. The number of hydrogen-bond donors (Lipinski definition) is 1. The summed E-state index contributed by atoms with van der Waals surface area (Å²) in [7, 11) is 0. The zero-order valence-corrected chi connectivity index (χ0v) is 13.4. The van der Waals surface area contributed by atoms with Gasteiger partial charge in [-0.2, -0.15) is 0 Å². The Morgan fingerprint density at radius 3 is 2.26 bits per heavy atom. The predicted molar refractivity (Wildman–Crippen MR) is 79.9 cm³/mol. The molecule has 0 bridgehead atoms. The summed E-state index contributed by atoms with van der Waals surface area (Å²) in [5, 5.41) is 3.33. The van der Waals surface area contributed by atoms with Gasteiger partial charge in [-0.05, 0) is 40.0 Å². The van der Waals surface area contributed by atoms with Gasteiger partial charge in [0.05, 0.1) is 12.7 Å². The molecule has 1 N–H and O–H groups in total. The lowest BCUT2D eigenvalue weighted by molar-refractivity contribution is -0.129. The van der Waals surface area contributed by atoms with Gasteiger partial charge in [0.1, 0.15) is 0 Å². The van der Waals surface area contributed by atoms with Gasteiger partial charge in [-0.3, -0.25) is 15.0 Å². The third-order valence-corrected chi connectivity index (χ3v) is 3.80. The maximum absolute atomic E-state index is 12.2. The molecular weight excluding hydrogens is 238 g/mol. The number of rotatable bonds is 7. The van der Waals surface area contributed by atoms with Gasteiger partial charge in [0.25, 0.3) is 0 Å². The molecule has 0 saturated carbocycles. The number of carbonyl (C=O) groups is 1. The third kappa shape index (κ3) is 4.77. The standard InChI is InChI=1S/C15H31N3O/c1-11(2)9-14-15(19)17(10-16-14)7-8-18(12(3)4)13(5)6/h11-14,16H,7-10H2,1-6H3. The molecule has 0 aromatic rings.